The lowest BCUT2D eigenvalue weighted by molar-refractivity contribution is 0.122. The summed E-state index contributed by atoms with van der Waals surface area (Å²) in [5.74, 6) is 0.852. The van der Waals surface area contributed by atoms with Crippen LogP contribution in [-0.2, 0) is 4.74 Å². The van der Waals surface area contributed by atoms with Crippen molar-refractivity contribution in [3.63, 3.8) is 0 Å². The van der Waals surface area contributed by atoms with Crippen LogP contribution in [0.2, 0.25) is 0 Å². The van der Waals surface area contributed by atoms with E-state index in [1.54, 1.807) is 18.3 Å². The molecule has 2 heterocycles. The molecule has 0 saturated carbocycles. The number of anilines is 4. The van der Waals surface area contributed by atoms with Gasteiger partial charge in [0.25, 0.3) is 0 Å². The molecule has 30 heavy (non-hydrogen) atoms. The van der Waals surface area contributed by atoms with Crippen molar-refractivity contribution in [1.29, 1.82) is 0 Å². The summed E-state index contributed by atoms with van der Waals surface area (Å²) in [6.07, 6.45) is 1.70. The summed E-state index contributed by atoms with van der Waals surface area (Å²) in [5, 5.41) is 7.33. The molecule has 1 aliphatic heterocycles. The molecule has 0 atom stereocenters. The molecular formula is C20H19FIN7O. The Kier molecular flexibility index (Phi) is 6.64. The molecule has 1 aliphatic rings. The molecule has 2 aromatic carbocycles. The average molecular weight is 519 g/mol. The van der Waals surface area contributed by atoms with Crippen LogP contribution in [0.4, 0.5) is 27.9 Å². The predicted molar refractivity (Wildman–Crippen MR) is 123 cm³/mol. The minimum absolute atomic E-state index is 0.304. The first-order chi connectivity index (χ1) is 14.7. The summed E-state index contributed by atoms with van der Waals surface area (Å²) in [7, 11) is 0. The van der Waals surface area contributed by atoms with Crippen molar-refractivity contribution in [1.82, 2.24) is 15.0 Å². The van der Waals surface area contributed by atoms with Gasteiger partial charge in [-0.25, -0.2) is 9.82 Å². The number of nitrogens with one attached hydrogen (secondary N) is 2. The number of hydrogen-bond acceptors (Lipinski definition) is 8. The third kappa shape index (κ3) is 5.60. The molecule has 0 unspecified atom stereocenters. The highest BCUT2D eigenvalue weighted by Gasteiger charge is 2.16. The van der Waals surface area contributed by atoms with E-state index in [-0.39, 0.29) is 5.82 Å². The minimum Gasteiger partial charge on any atom is -0.378 e. The number of hydrazone groups is 1. The third-order valence-electron chi connectivity index (χ3n) is 4.24. The monoisotopic (exact) mass is 519 g/mol. The Morgan fingerprint density at radius 2 is 1.80 bits per heavy atom. The van der Waals surface area contributed by atoms with Crippen molar-refractivity contribution in [3.8, 4) is 0 Å². The van der Waals surface area contributed by atoms with Gasteiger partial charge in [-0.05, 0) is 64.6 Å². The first-order valence-corrected chi connectivity index (χ1v) is 10.4. The van der Waals surface area contributed by atoms with Crippen LogP contribution in [0.25, 0.3) is 0 Å². The van der Waals surface area contributed by atoms with Crippen LogP contribution < -0.4 is 15.6 Å². The fourth-order valence-electron chi connectivity index (χ4n) is 2.79. The lowest BCUT2D eigenvalue weighted by Gasteiger charge is -2.27. The van der Waals surface area contributed by atoms with Crippen molar-refractivity contribution >= 4 is 52.3 Å². The standard InChI is InChI=1S/C20H19FIN7O/c21-15-4-6-17(7-5-15)24-18-25-19(27-20(26-18)29-8-10-30-11-9-29)28-23-13-14-2-1-3-16(22)12-14/h1-7,12-13H,8-11H2,(H2,24,25,26,27,28)/b23-13-. The van der Waals surface area contributed by atoms with Gasteiger partial charge in [0.05, 0.1) is 19.4 Å². The van der Waals surface area contributed by atoms with E-state index >= 15 is 0 Å². The summed E-state index contributed by atoms with van der Waals surface area (Å²) >= 11 is 2.25. The number of benzene rings is 2. The topological polar surface area (TPSA) is 87.6 Å². The molecular weight excluding hydrogens is 500 g/mol. The molecule has 10 heteroatoms. The average Bonchev–Trinajstić information content (AvgIpc) is 2.76. The van der Waals surface area contributed by atoms with Gasteiger partial charge in [0.2, 0.25) is 17.8 Å². The zero-order valence-electron chi connectivity index (χ0n) is 15.9. The van der Waals surface area contributed by atoms with Gasteiger partial charge in [0.15, 0.2) is 0 Å². The van der Waals surface area contributed by atoms with Gasteiger partial charge >= 0.3 is 0 Å². The number of hydrogen-bond donors (Lipinski definition) is 2. The summed E-state index contributed by atoms with van der Waals surface area (Å²) in [4.78, 5) is 15.4. The van der Waals surface area contributed by atoms with Crippen molar-refractivity contribution in [2.45, 2.75) is 0 Å². The number of halogens is 2. The smallest absolute Gasteiger partial charge is 0.250 e. The molecule has 1 saturated heterocycles. The molecule has 2 N–H and O–H groups in total. The molecule has 4 rings (SSSR count). The van der Waals surface area contributed by atoms with Crippen LogP contribution in [0, 0.1) is 9.39 Å². The molecule has 0 spiro atoms. The van der Waals surface area contributed by atoms with E-state index in [1.165, 1.54) is 12.1 Å². The molecule has 1 fully saturated rings. The molecule has 0 amide bonds. The van der Waals surface area contributed by atoms with E-state index < -0.39 is 0 Å². The zero-order chi connectivity index (χ0) is 20.8. The van der Waals surface area contributed by atoms with Gasteiger partial charge in [0.1, 0.15) is 5.82 Å². The van der Waals surface area contributed by atoms with E-state index in [4.69, 9.17) is 4.74 Å². The summed E-state index contributed by atoms with van der Waals surface area (Å²) in [6, 6.07) is 13.9. The molecule has 0 radical (unpaired) electrons. The van der Waals surface area contributed by atoms with Crippen molar-refractivity contribution in [3.05, 3.63) is 63.5 Å². The lowest BCUT2D eigenvalue weighted by atomic mass is 10.2. The molecule has 0 bridgehead atoms. The summed E-state index contributed by atoms with van der Waals surface area (Å²) in [5.41, 5.74) is 4.50. The molecule has 0 aliphatic carbocycles. The second-order valence-corrected chi connectivity index (χ2v) is 7.68. The lowest BCUT2D eigenvalue weighted by Crippen LogP contribution is -2.37. The van der Waals surface area contributed by atoms with Crippen LogP contribution in [0.3, 0.4) is 0 Å². The zero-order valence-corrected chi connectivity index (χ0v) is 18.1. The van der Waals surface area contributed by atoms with Crippen molar-refractivity contribution in [2.75, 3.05) is 41.9 Å². The van der Waals surface area contributed by atoms with E-state index in [0.717, 1.165) is 9.13 Å². The van der Waals surface area contributed by atoms with Crippen LogP contribution in [0.5, 0.6) is 0 Å². The maximum absolute atomic E-state index is 13.2. The second-order valence-electron chi connectivity index (χ2n) is 6.44. The van der Waals surface area contributed by atoms with Crippen molar-refractivity contribution in [2.24, 2.45) is 5.10 Å². The maximum Gasteiger partial charge on any atom is 0.250 e. The molecule has 1 aromatic heterocycles. The molecule has 8 nitrogen and oxygen atoms in total. The molecule has 154 valence electrons. The minimum atomic E-state index is -0.308. The Balaban J connectivity index is 1.56. The third-order valence-corrected chi connectivity index (χ3v) is 4.92. The van der Waals surface area contributed by atoms with E-state index in [2.05, 4.69) is 53.4 Å². The number of rotatable bonds is 6. The first-order valence-electron chi connectivity index (χ1n) is 9.32. The van der Waals surface area contributed by atoms with Crippen LogP contribution >= 0.6 is 22.6 Å². The number of aromatic nitrogens is 3. The van der Waals surface area contributed by atoms with Gasteiger partial charge in [-0.3, -0.25) is 0 Å². The van der Waals surface area contributed by atoms with Crippen LogP contribution in [0.15, 0.2) is 53.6 Å². The Morgan fingerprint density at radius 1 is 1.03 bits per heavy atom. The summed E-state index contributed by atoms with van der Waals surface area (Å²) in [6.45, 7) is 2.59. The van der Waals surface area contributed by atoms with Crippen LogP contribution in [0.1, 0.15) is 5.56 Å². The second kappa shape index (κ2) is 9.76. The number of nitrogens with zero attached hydrogens (tertiary/aromatic N) is 5. The fourth-order valence-corrected chi connectivity index (χ4v) is 3.36. The van der Waals surface area contributed by atoms with E-state index in [0.29, 0.717) is 49.8 Å². The highest BCUT2D eigenvalue weighted by atomic mass is 127. The Morgan fingerprint density at radius 3 is 2.57 bits per heavy atom. The number of ether oxygens (including phenoxy) is 1. The predicted octanol–water partition coefficient (Wildman–Crippen LogP) is 3.64. The van der Waals surface area contributed by atoms with E-state index in [9.17, 15) is 4.39 Å². The Hall–Kier alpha value is -2.86. The van der Waals surface area contributed by atoms with Gasteiger partial charge < -0.3 is 15.0 Å². The van der Waals surface area contributed by atoms with Gasteiger partial charge in [-0.1, -0.05) is 12.1 Å². The number of morpholine rings is 1. The van der Waals surface area contributed by atoms with Crippen LogP contribution in [-0.4, -0.2) is 47.5 Å². The Bertz CT molecular complexity index is 1030. The van der Waals surface area contributed by atoms with Gasteiger partial charge in [-0.2, -0.15) is 20.1 Å². The molecule has 3 aromatic rings. The first kappa shape index (κ1) is 20.4. The SMILES string of the molecule is Fc1ccc(Nc2nc(N/N=C\c3cccc(I)c3)nc(N3CCOCC3)n2)cc1. The highest BCUT2D eigenvalue weighted by Crippen LogP contribution is 2.19. The fraction of sp³-hybridized carbons (Fsp3) is 0.200. The normalized spacial score (nSPS) is 14.1. The van der Waals surface area contributed by atoms with Gasteiger partial charge in [-0.15, -0.1) is 0 Å². The maximum atomic E-state index is 13.2. The summed E-state index contributed by atoms with van der Waals surface area (Å²) < 4.78 is 19.7. The van der Waals surface area contributed by atoms with Gasteiger partial charge in [0, 0.05) is 22.3 Å². The largest absolute Gasteiger partial charge is 0.378 e. The Labute approximate surface area is 186 Å². The van der Waals surface area contributed by atoms with Crippen molar-refractivity contribution < 1.29 is 9.13 Å². The highest BCUT2D eigenvalue weighted by molar-refractivity contribution is 14.1. The quantitative estimate of drug-likeness (QED) is 0.292. The van der Waals surface area contributed by atoms with E-state index in [1.807, 2.05) is 29.2 Å².